The Hall–Kier alpha value is -2.89. The molecule has 6 nitrogen and oxygen atoms in total. The van der Waals surface area contributed by atoms with Gasteiger partial charge in [-0.2, -0.15) is 0 Å². The highest BCUT2D eigenvalue weighted by Crippen LogP contribution is 2.32. The highest BCUT2D eigenvalue weighted by Gasteiger charge is 2.17. The van der Waals surface area contributed by atoms with Gasteiger partial charge in [-0.25, -0.2) is 0 Å². The summed E-state index contributed by atoms with van der Waals surface area (Å²) in [5.74, 6) is 2.06. The van der Waals surface area contributed by atoms with Crippen molar-refractivity contribution < 1.29 is 23.7 Å². The normalized spacial score (nSPS) is 10.0. The van der Waals surface area contributed by atoms with Crippen molar-refractivity contribution in [3.8, 4) is 23.0 Å². The Bertz CT molecular complexity index is 729. The molecule has 1 amide bonds. The number of nitrogens with zero attached hydrogens (tertiary/aromatic N) is 1. The zero-order valence-electron chi connectivity index (χ0n) is 14.5. The Morgan fingerprint density at radius 3 is 1.79 bits per heavy atom. The van der Waals surface area contributed by atoms with E-state index in [9.17, 15) is 4.79 Å². The number of rotatable bonds is 6. The van der Waals surface area contributed by atoms with E-state index >= 15 is 0 Å². The summed E-state index contributed by atoms with van der Waals surface area (Å²) < 4.78 is 20.9. The van der Waals surface area contributed by atoms with Crippen LogP contribution in [-0.2, 0) is 0 Å². The first-order valence-electron chi connectivity index (χ1n) is 7.27. The van der Waals surface area contributed by atoms with Crippen LogP contribution in [0.15, 0.2) is 36.4 Å². The van der Waals surface area contributed by atoms with E-state index in [4.69, 9.17) is 18.9 Å². The number of carbonyl (C=O) groups is 1. The molecule has 128 valence electrons. The predicted octanol–water partition coefficient (Wildman–Crippen LogP) is 3.00. The zero-order valence-corrected chi connectivity index (χ0v) is 14.5. The third-order valence-electron chi connectivity index (χ3n) is 3.69. The molecule has 0 unspecified atom stereocenters. The lowest BCUT2D eigenvalue weighted by Gasteiger charge is -2.19. The molecule has 0 heterocycles. The van der Waals surface area contributed by atoms with Crippen molar-refractivity contribution in [3.05, 3.63) is 42.0 Å². The topological polar surface area (TPSA) is 57.2 Å². The summed E-state index contributed by atoms with van der Waals surface area (Å²) in [5.41, 5.74) is 1.18. The second-order valence-electron chi connectivity index (χ2n) is 4.97. The molecule has 0 N–H and O–H groups in total. The van der Waals surface area contributed by atoms with Crippen molar-refractivity contribution in [2.24, 2.45) is 0 Å². The number of methoxy groups -OCH3 is 4. The van der Waals surface area contributed by atoms with Crippen LogP contribution < -0.4 is 23.8 Å². The van der Waals surface area contributed by atoms with Crippen LogP contribution in [0.2, 0.25) is 0 Å². The van der Waals surface area contributed by atoms with Crippen molar-refractivity contribution in [2.75, 3.05) is 40.4 Å². The van der Waals surface area contributed by atoms with Gasteiger partial charge in [-0.1, -0.05) is 0 Å². The molecule has 2 rings (SSSR count). The molecule has 6 heteroatoms. The smallest absolute Gasteiger partial charge is 0.258 e. The van der Waals surface area contributed by atoms with E-state index in [1.807, 2.05) is 0 Å². The molecule has 0 saturated carbocycles. The van der Waals surface area contributed by atoms with E-state index in [0.29, 0.717) is 34.2 Å². The second-order valence-corrected chi connectivity index (χ2v) is 4.97. The number of hydrogen-bond donors (Lipinski definition) is 0. The van der Waals surface area contributed by atoms with Crippen molar-refractivity contribution in [3.63, 3.8) is 0 Å². The molecule has 0 aliphatic heterocycles. The zero-order chi connectivity index (χ0) is 17.7. The second kappa shape index (κ2) is 7.59. The highest BCUT2D eigenvalue weighted by molar-refractivity contribution is 6.06. The number of ether oxygens (including phenoxy) is 4. The molecule has 2 aromatic rings. The molecule has 0 bridgehead atoms. The minimum Gasteiger partial charge on any atom is -0.493 e. The number of anilines is 1. The first kappa shape index (κ1) is 17.5. The van der Waals surface area contributed by atoms with Gasteiger partial charge in [0, 0.05) is 24.4 Å². The van der Waals surface area contributed by atoms with Gasteiger partial charge in [0.1, 0.15) is 0 Å². The molecule has 0 saturated heterocycles. The van der Waals surface area contributed by atoms with Gasteiger partial charge in [-0.3, -0.25) is 4.79 Å². The average molecular weight is 331 g/mol. The standard InChI is InChI=1S/C18H21NO5/c1-19(13-7-9-15(22-3)17(11-13)24-5)18(20)12-6-8-14(21-2)16(10-12)23-4/h6-11H,1-5H3. The van der Waals surface area contributed by atoms with Crippen LogP contribution in [0.4, 0.5) is 5.69 Å². The van der Waals surface area contributed by atoms with Gasteiger partial charge in [-0.05, 0) is 30.3 Å². The Morgan fingerprint density at radius 1 is 0.750 bits per heavy atom. The minimum absolute atomic E-state index is 0.178. The minimum atomic E-state index is -0.178. The Morgan fingerprint density at radius 2 is 1.25 bits per heavy atom. The van der Waals surface area contributed by atoms with Crippen LogP contribution in [0.25, 0.3) is 0 Å². The van der Waals surface area contributed by atoms with Gasteiger partial charge in [0.2, 0.25) is 0 Å². The van der Waals surface area contributed by atoms with Crippen LogP contribution in [0.3, 0.4) is 0 Å². The molecular weight excluding hydrogens is 310 g/mol. The third-order valence-corrected chi connectivity index (χ3v) is 3.69. The summed E-state index contributed by atoms with van der Waals surface area (Å²) in [6.07, 6.45) is 0. The number of hydrogen-bond acceptors (Lipinski definition) is 5. The maximum Gasteiger partial charge on any atom is 0.258 e. The Labute approximate surface area is 141 Å². The fourth-order valence-electron chi connectivity index (χ4n) is 2.31. The van der Waals surface area contributed by atoms with Crippen LogP contribution >= 0.6 is 0 Å². The molecule has 0 radical (unpaired) electrons. The van der Waals surface area contributed by atoms with E-state index in [1.165, 1.54) is 12.0 Å². The summed E-state index contributed by atoms with van der Waals surface area (Å²) >= 11 is 0. The fraction of sp³-hybridized carbons (Fsp3) is 0.278. The first-order valence-corrected chi connectivity index (χ1v) is 7.27. The molecule has 0 atom stereocenters. The maximum absolute atomic E-state index is 12.7. The van der Waals surface area contributed by atoms with Gasteiger partial charge < -0.3 is 23.8 Å². The van der Waals surface area contributed by atoms with Crippen LogP contribution in [0.1, 0.15) is 10.4 Å². The van der Waals surface area contributed by atoms with E-state index < -0.39 is 0 Å². The SMILES string of the molecule is COc1ccc(C(=O)N(C)c2ccc(OC)c(OC)c2)cc1OC. The number of benzene rings is 2. The Balaban J connectivity index is 2.32. The molecule has 0 aromatic heterocycles. The summed E-state index contributed by atoms with van der Waals surface area (Å²) in [5, 5.41) is 0. The lowest BCUT2D eigenvalue weighted by Crippen LogP contribution is -2.26. The maximum atomic E-state index is 12.7. The van der Waals surface area contributed by atoms with Crippen LogP contribution in [0.5, 0.6) is 23.0 Å². The van der Waals surface area contributed by atoms with Crippen molar-refractivity contribution in [1.29, 1.82) is 0 Å². The monoisotopic (exact) mass is 331 g/mol. The van der Waals surface area contributed by atoms with Gasteiger partial charge >= 0.3 is 0 Å². The number of amides is 1. The van der Waals surface area contributed by atoms with E-state index in [1.54, 1.807) is 64.8 Å². The van der Waals surface area contributed by atoms with Crippen LogP contribution in [0, 0.1) is 0 Å². The lowest BCUT2D eigenvalue weighted by molar-refractivity contribution is 0.0992. The van der Waals surface area contributed by atoms with Crippen molar-refractivity contribution in [2.45, 2.75) is 0 Å². The molecule has 0 aliphatic rings. The molecule has 24 heavy (non-hydrogen) atoms. The first-order chi connectivity index (χ1) is 11.5. The summed E-state index contributed by atoms with van der Waals surface area (Å²) in [7, 11) is 7.90. The van der Waals surface area contributed by atoms with Gasteiger partial charge in [0.05, 0.1) is 28.4 Å². The van der Waals surface area contributed by atoms with E-state index in [-0.39, 0.29) is 5.91 Å². The van der Waals surface area contributed by atoms with E-state index in [2.05, 4.69) is 0 Å². The average Bonchev–Trinajstić information content (AvgIpc) is 2.65. The molecule has 0 spiro atoms. The lowest BCUT2D eigenvalue weighted by atomic mass is 10.1. The fourth-order valence-corrected chi connectivity index (χ4v) is 2.31. The van der Waals surface area contributed by atoms with Gasteiger partial charge in [-0.15, -0.1) is 0 Å². The summed E-state index contributed by atoms with van der Waals surface area (Å²) in [6.45, 7) is 0. The molecular formula is C18H21NO5. The largest absolute Gasteiger partial charge is 0.493 e. The van der Waals surface area contributed by atoms with Crippen LogP contribution in [-0.4, -0.2) is 41.4 Å². The predicted molar refractivity (Wildman–Crippen MR) is 91.8 cm³/mol. The third kappa shape index (κ3) is 3.37. The number of carbonyl (C=O) groups excluding carboxylic acids is 1. The molecule has 0 aliphatic carbocycles. The quantitative estimate of drug-likeness (QED) is 0.814. The highest BCUT2D eigenvalue weighted by atomic mass is 16.5. The van der Waals surface area contributed by atoms with Gasteiger partial charge in [0.25, 0.3) is 5.91 Å². The van der Waals surface area contributed by atoms with Crippen molar-refractivity contribution in [1.82, 2.24) is 0 Å². The summed E-state index contributed by atoms with van der Waals surface area (Å²) in [4.78, 5) is 14.3. The van der Waals surface area contributed by atoms with E-state index in [0.717, 1.165) is 0 Å². The Kier molecular flexibility index (Phi) is 5.52. The molecule has 2 aromatic carbocycles. The summed E-state index contributed by atoms with van der Waals surface area (Å²) in [6, 6.07) is 10.3. The molecule has 0 fully saturated rings. The van der Waals surface area contributed by atoms with Gasteiger partial charge in [0.15, 0.2) is 23.0 Å². The van der Waals surface area contributed by atoms with Crippen molar-refractivity contribution >= 4 is 11.6 Å².